The Morgan fingerprint density at radius 3 is 2.67 bits per heavy atom. The number of aryl methyl sites for hydroxylation is 1. The molecule has 0 atom stereocenters. The van der Waals surface area contributed by atoms with Crippen LogP contribution in [-0.4, -0.2) is 51.3 Å². The number of pyridine rings is 1. The molecule has 0 unspecified atom stereocenters. The SMILES string of the molecule is CCNC(=NCc1cn(C)nc1C(F)(F)F)NC1CCN(Cc2ccccn2)CC1. The molecule has 2 aromatic heterocycles. The molecule has 0 aromatic carbocycles. The molecule has 3 rings (SSSR count). The Balaban J connectivity index is 1.56. The van der Waals surface area contributed by atoms with E-state index in [1.54, 1.807) is 6.20 Å². The highest BCUT2D eigenvalue weighted by Crippen LogP contribution is 2.30. The summed E-state index contributed by atoms with van der Waals surface area (Å²) >= 11 is 0. The van der Waals surface area contributed by atoms with E-state index in [-0.39, 0.29) is 18.2 Å². The van der Waals surface area contributed by atoms with Crippen LogP contribution in [0.2, 0.25) is 0 Å². The van der Waals surface area contributed by atoms with Gasteiger partial charge in [-0.05, 0) is 31.9 Å². The van der Waals surface area contributed by atoms with Gasteiger partial charge in [0.2, 0.25) is 0 Å². The second-order valence-corrected chi connectivity index (χ2v) is 7.39. The van der Waals surface area contributed by atoms with E-state index < -0.39 is 11.9 Å². The minimum atomic E-state index is -4.49. The van der Waals surface area contributed by atoms with Crippen molar-refractivity contribution < 1.29 is 13.2 Å². The summed E-state index contributed by atoms with van der Waals surface area (Å²) in [5, 5.41) is 10.0. The van der Waals surface area contributed by atoms with Gasteiger partial charge in [-0.3, -0.25) is 14.6 Å². The Kier molecular flexibility index (Phi) is 7.30. The van der Waals surface area contributed by atoms with E-state index in [9.17, 15) is 13.2 Å². The van der Waals surface area contributed by atoms with Gasteiger partial charge < -0.3 is 10.6 Å². The summed E-state index contributed by atoms with van der Waals surface area (Å²) in [6, 6.07) is 6.14. The molecule has 164 valence electrons. The summed E-state index contributed by atoms with van der Waals surface area (Å²) in [4.78, 5) is 11.1. The van der Waals surface area contributed by atoms with E-state index in [4.69, 9.17) is 0 Å². The number of rotatable bonds is 6. The molecule has 2 N–H and O–H groups in total. The number of hydrogen-bond acceptors (Lipinski definition) is 4. The second kappa shape index (κ2) is 9.92. The van der Waals surface area contributed by atoms with Crippen LogP contribution in [0.15, 0.2) is 35.6 Å². The Hall–Kier alpha value is -2.62. The van der Waals surface area contributed by atoms with E-state index >= 15 is 0 Å². The number of alkyl halides is 3. The largest absolute Gasteiger partial charge is 0.435 e. The average molecular weight is 423 g/mol. The molecule has 0 radical (unpaired) electrons. The fraction of sp³-hybridized carbons (Fsp3) is 0.550. The highest BCUT2D eigenvalue weighted by atomic mass is 19.4. The first-order valence-corrected chi connectivity index (χ1v) is 10.1. The lowest BCUT2D eigenvalue weighted by molar-refractivity contribution is -0.142. The lowest BCUT2D eigenvalue weighted by Gasteiger charge is -2.32. The van der Waals surface area contributed by atoms with Crippen LogP contribution >= 0.6 is 0 Å². The zero-order valence-electron chi connectivity index (χ0n) is 17.3. The zero-order valence-corrected chi connectivity index (χ0v) is 17.3. The van der Waals surface area contributed by atoms with E-state index in [1.807, 2.05) is 25.1 Å². The molecule has 2 aromatic rings. The molecule has 0 amide bonds. The number of nitrogens with zero attached hydrogens (tertiary/aromatic N) is 5. The lowest BCUT2D eigenvalue weighted by Crippen LogP contribution is -2.48. The van der Waals surface area contributed by atoms with Crippen LogP contribution in [0.1, 0.15) is 36.7 Å². The van der Waals surface area contributed by atoms with E-state index in [1.165, 1.54) is 17.9 Å². The molecule has 0 spiro atoms. The molecule has 7 nitrogen and oxygen atoms in total. The predicted molar refractivity (Wildman–Crippen MR) is 109 cm³/mol. The molecule has 0 aliphatic carbocycles. The Morgan fingerprint density at radius 1 is 1.27 bits per heavy atom. The van der Waals surface area contributed by atoms with Gasteiger partial charge in [0, 0.05) is 57.2 Å². The van der Waals surface area contributed by atoms with Gasteiger partial charge >= 0.3 is 6.18 Å². The van der Waals surface area contributed by atoms with Gasteiger partial charge in [0.15, 0.2) is 11.7 Å². The zero-order chi connectivity index (χ0) is 21.6. The molecule has 0 bridgehead atoms. The fourth-order valence-corrected chi connectivity index (χ4v) is 3.53. The van der Waals surface area contributed by atoms with Crippen molar-refractivity contribution in [2.45, 2.75) is 45.1 Å². The summed E-state index contributed by atoms with van der Waals surface area (Å²) in [7, 11) is 1.48. The van der Waals surface area contributed by atoms with Crippen LogP contribution in [0.4, 0.5) is 13.2 Å². The second-order valence-electron chi connectivity index (χ2n) is 7.39. The number of guanidine groups is 1. The van der Waals surface area contributed by atoms with E-state index in [2.05, 4.69) is 30.6 Å². The number of nitrogens with one attached hydrogen (secondary N) is 2. The Morgan fingerprint density at radius 2 is 2.03 bits per heavy atom. The number of halogens is 3. The molecule has 1 saturated heterocycles. The minimum Gasteiger partial charge on any atom is -0.357 e. The lowest BCUT2D eigenvalue weighted by atomic mass is 10.0. The van der Waals surface area contributed by atoms with Gasteiger partial charge in [-0.25, -0.2) is 4.99 Å². The highest BCUT2D eigenvalue weighted by Gasteiger charge is 2.36. The van der Waals surface area contributed by atoms with Crippen molar-refractivity contribution in [2.75, 3.05) is 19.6 Å². The molecule has 3 heterocycles. The topological polar surface area (TPSA) is 70.4 Å². The highest BCUT2D eigenvalue weighted by molar-refractivity contribution is 5.80. The predicted octanol–water partition coefficient (Wildman–Crippen LogP) is 2.55. The standard InChI is InChI=1S/C20H28F3N7/c1-3-24-19(26-12-15-13-29(2)28-18(15)20(21,22)23)27-16-7-10-30(11-8-16)14-17-6-4-5-9-25-17/h4-6,9,13,16H,3,7-8,10-12,14H2,1-2H3,(H2,24,26,27). The maximum Gasteiger partial charge on any atom is 0.435 e. The summed E-state index contributed by atoms with van der Waals surface area (Å²) < 4.78 is 40.6. The summed E-state index contributed by atoms with van der Waals surface area (Å²) in [5.41, 5.74) is 0.232. The van der Waals surface area contributed by atoms with E-state index in [0.29, 0.717) is 12.5 Å². The van der Waals surface area contributed by atoms with Crippen molar-refractivity contribution in [2.24, 2.45) is 12.0 Å². The van der Waals surface area contributed by atoms with E-state index in [0.717, 1.165) is 38.2 Å². The summed E-state index contributed by atoms with van der Waals surface area (Å²) in [5.74, 6) is 0.526. The van der Waals surface area contributed by atoms with Crippen molar-refractivity contribution in [3.8, 4) is 0 Å². The number of aliphatic imine (C=N–C) groups is 1. The minimum absolute atomic E-state index is 0.0624. The van der Waals surface area contributed by atoms with Crippen LogP contribution < -0.4 is 10.6 Å². The molecule has 1 aliphatic heterocycles. The van der Waals surface area contributed by atoms with Gasteiger partial charge in [0.25, 0.3) is 0 Å². The summed E-state index contributed by atoms with van der Waals surface area (Å²) in [6.07, 6.45) is 0.537. The molecular weight excluding hydrogens is 395 g/mol. The fourth-order valence-electron chi connectivity index (χ4n) is 3.53. The van der Waals surface area contributed by atoms with Gasteiger partial charge in [-0.1, -0.05) is 6.07 Å². The van der Waals surface area contributed by atoms with Crippen molar-refractivity contribution in [1.82, 2.24) is 30.3 Å². The van der Waals surface area contributed by atoms with Crippen molar-refractivity contribution in [3.05, 3.63) is 47.5 Å². The van der Waals surface area contributed by atoms with Gasteiger partial charge in [0.1, 0.15) is 0 Å². The smallest absolute Gasteiger partial charge is 0.357 e. The van der Waals surface area contributed by atoms with Crippen molar-refractivity contribution >= 4 is 5.96 Å². The first-order chi connectivity index (χ1) is 14.3. The number of likely N-dealkylation sites (tertiary alicyclic amines) is 1. The molecule has 1 fully saturated rings. The normalized spacial score (nSPS) is 16.6. The quantitative estimate of drug-likeness (QED) is 0.552. The van der Waals surface area contributed by atoms with Crippen LogP contribution in [-0.2, 0) is 26.3 Å². The van der Waals surface area contributed by atoms with Crippen LogP contribution in [0.25, 0.3) is 0 Å². The van der Waals surface area contributed by atoms with Crippen LogP contribution in [0, 0.1) is 0 Å². The average Bonchev–Trinajstić information content (AvgIpc) is 3.10. The molecule has 0 saturated carbocycles. The van der Waals surface area contributed by atoms with Gasteiger partial charge in [0.05, 0.1) is 12.2 Å². The first-order valence-electron chi connectivity index (χ1n) is 10.1. The Bertz CT molecular complexity index is 825. The molecular formula is C20H28F3N7. The van der Waals surface area contributed by atoms with Crippen molar-refractivity contribution in [1.29, 1.82) is 0 Å². The summed E-state index contributed by atoms with van der Waals surface area (Å²) in [6.45, 7) is 5.14. The molecule has 1 aliphatic rings. The Labute approximate surface area is 174 Å². The number of aromatic nitrogens is 3. The first kappa shape index (κ1) is 22.1. The maximum atomic E-state index is 13.1. The van der Waals surface area contributed by atoms with Gasteiger partial charge in [-0.2, -0.15) is 18.3 Å². The third-order valence-corrected chi connectivity index (χ3v) is 4.96. The van der Waals surface area contributed by atoms with Crippen molar-refractivity contribution in [3.63, 3.8) is 0 Å². The third kappa shape index (κ3) is 6.19. The molecule has 30 heavy (non-hydrogen) atoms. The molecule has 10 heteroatoms. The van der Waals surface area contributed by atoms with Crippen LogP contribution in [0.5, 0.6) is 0 Å². The number of piperidine rings is 1. The maximum absolute atomic E-state index is 13.1. The number of hydrogen-bond donors (Lipinski definition) is 2. The van der Waals surface area contributed by atoms with Crippen LogP contribution in [0.3, 0.4) is 0 Å². The monoisotopic (exact) mass is 423 g/mol. The van der Waals surface area contributed by atoms with Gasteiger partial charge in [-0.15, -0.1) is 0 Å². The third-order valence-electron chi connectivity index (χ3n) is 4.96.